The number of amides is 3. The summed E-state index contributed by atoms with van der Waals surface area (Å²) < 4.78 is 5.47. The summed E-state index contributed by atoms with van der Waals surface area (Å²) in [5.74, 6) is -0.575. The third-order valence-electron chi connectivity index (χ3n) is 7.06. The second kappa shape index (κ2) is 13.7. The van der Waals surface area contributed by atoms with E-state index in [1.165, 1.54) is 6.42 Å². The van der Waals surface area contributed by atoms with Gasteiger partial charge in [0.1, 0.15) is 17.7 Å². The monoisotopic (exact) mass is 501 g/mol. The van der Waals surface area contributed by atoms with Crippen LogP contribution in [0.5, 0.6) is 0 Å². The molecule has 0 radical (unpaired) electrons. The molecule has 0 bridgehead atoms. The Labute approximate surface area is 217 Å². The number of benzene rings is 1. The second-order valence-corrected chi connectivity index (χ2v) is 11.2. The lowest BCUT2D eigenvalue weighted by molar-refractivity contribution is -0.146. The van der Waals surface area contributed by atoms with Crippen molar-refractivity contribution in [3.8, 4) is 0 Å². The Kier molecular flexibility index (Phi) is 11.3. The number of hydrogen-bond donors (Lipinski definition) is 2. The molecule has 1 aromatic rings. The molecule has 0 spiro atoms. The average molecular weight is 502 g/mol. The molecule has 2 N–H and O–H groups in total. The minimum absolute atomic E-state index is 0.122. The predicted octanol–water partition coefficient (Wildman–Crippen LogP) is 5.74. The van der Waals surface area contributed by atoms with Crippen molar-refractivity contribution in [1.29, 1.82) is 0 Å². The molecule has 0 aromatic heterocycles. The Balaban J connectivity index is 2.46. The molecular formula is C29H47N3O4. The molecule has 1 fully saturated rings. The highest BCUT2D eigenvalue weighted by molar-refractivity contribution is 5.92. The van der Waals surface area contributed by atoms with Crippen molar-refractivity contribution in [3.05, 3.63) is 35.9 Å². The minimum Gasteiger partial charge on any atom is -0.444 e. The van der Waals surface area contributed by atoms with Gasteiger partial charge in [0, 0.05) is 12.1 Å². The maximum absolute atomic E-state index is 14.2. The van der Waals surface area contributed by atoms with E-state index < -0.39 is 23.8 Å². The second-order valence-electron chi connectivity index (χ2n) is 11.2. The molecule has 7 nitrogen and oxygen atoms in total. The quantitative estimate of drug-likeness (QED) is 0.428. The van der Waals surface area contributed by atoms with Crippen LogP contribution in [0.2, 0.25) is 0 Å². The first kappa shape index (κ1) is 29.7. The van der Waals surface area contributed by atoms with Crippen molar-refractivity contribution in [3.63, 3.8) is 0 Å². The van der Waals surface area contributed by atoms with Gasteiger partial charge in [-0.3, -0.25) is 9.59 Å². The van der Waals surface area contributed by atoms with Crippen molar-refractivity contribution in [1.82, 2.24) is 15.5 Å². The van der Waals surface area contributed by atoms with Crippen LogP contribution in [0.15, 0.2) is 30.3 Å². The molecule has 4 atom stereocenters. The van der Waals surface area contributed by atoms with E-state index in [4.69, 9.17) is 4.74 Å². The van der Waals surface area contributed by atoms with E-state index in [1.807, 2.05) is 58.0 Å². The van der Waals surface area contributed by atoms with Crippen LogP contribution in [0, 0.1) is 5.92 Å². The number of rotatable bonds is 10. The van der Waals surface area contributed by atoms with E-state index >= 15 is 0 Å². The van der Waals surface area contributed by atoms with Crippen molar-refractivity contribution in [2.45, 2.75) is 123 Å². The Morgan fingerprint density at radius 2 is 1.61 bits per heavy atom. The average Bonchev–Trinajstić information content (AvgIpc) is 2.84. The van der Waals surface area contributed by atoms with Gasteiger partial charge in [-0.1, -0.05) is 76.8 Å². The SMILES string of the molecule is CCC(C)C(NC(=O)OC(C)(C)C)C(=O)N(C(C)CC)C(C(=O)NC1CCCCC1)c1ccccc1. The van der Waals surface area contributed by atoms with Gasteiger partial charge in [-0.2, -0.15) is 0 Å². The summed E-state index contributed by atoms with van der Waals surface area (Å²) in [6, 6.07) is 7.78. The van der Waals surface area contributed by atoms with Crippen LogP contribution >= 0.6 is 0 Å². The van der Waals surface area contributed by atoms with Gasteiger partial charge in [0.15, 0.2) is 0 Å². The summed E-state index contributed by atoms with van der Waals surface area (Å²) in [6.07, 6.45) is 6.04. The van der Waals surface area contributed by atoms with E-state index in [0.29, 0.717) is 12.8 Å². The number of carbonyl (C=O) groups excluding carboxylic acids is 3. The number of alkyl carbamates (subject to hydrolysis) is 1. The van der Waals surface area contributed by atoms with Crippen LogP contribution in [0.1, 0.15) is 105 Å². The molecule has 1 aromatic carbocycles. The molecule has 202 valence electrons. The van der Waals surface area contributed by atoms with Crippen LogP contribution in [-0.2, 0) is 14.3 Å². The molecule has 1 saturated carbocycles. The largest absolute Gasteiger partial charge is 0.444 e. The van der Waals surface area contributed by atoms with Gasteiger partial charge in [0.25, 0.3) is 0 Å². The summed E-state index contributed by atoms with van der Waals surface area (Å²) in [4.78, 5) is 42.5. The molecule has 0 aliphatic heterocycles. The number of nitrogens with one attached hydrogen (secondary N) is 2. The molecule has 7 heteroatoms. The molecular weight excluding hydrogens is 454 g/mol. The van der Waals surface area contributed by atoms with E-state index in [0.717, 1.165) is 31.2 Å². The number of hydrogen-bond acceptors (Lipinski definition) is 4. The van der Waals surface area contributed by atoms with Gasteiger partial charge in [-0.15, -0.1) is 0 Å². The molecule has 36 heavy (non-hydrogen) atoms. The molecule has 1 aliphatic carbocycles. The van der Waals surface area contributed by atoms with Gasteiger partial charge in [0.2, 0.25) is 11.8 Å². The summed E-state index contributed by atoms with van der Waals surface area (Å²) in [7, 11) is 0. The Bertz CT molecular complexity index is 846. The Morgan fingerprint density at radius 1 is 1.00 bits per heavy atom. The van der Waals surface area contributed by atoms with Crippen molar-refractivity contribution in [2.24, 2.45) is 5.92 Å². The highest BCUT2D eigenvalue weighted by Crippen LogP contribution is 2.29. The standard InChI is InChI=1S/C29H47N3O4/c1-8-20(3)24(31-28(35)36-29(5,6)7)27(34)32(21(4)9-2)25(22-16-12-10-13-17-22)26(33)30-23-18-14-11-15-19-23/h10,12-13,16-17,20-21,23-25H,8-9,11,14-15,18-19H2,1-7H3,(H,30,33)(H,31,35). The molecule has 2 rings (SSSR count). The minimum atomic E-state index is -0.812. The van der Waals surface area contributed by atoms with Gasteiger partial charge in [0.05, 0.1) is 0 Å². The molecule has 4 unspecified atom stereocenters. The first-order chi connectivity index (χ1) is 17.0. The normalized spacial score (nSPS) is 17.9. The van der Waals surface area contributed by atoms with Crippen molar-refractivity contribution >= 4 is 17.9 Å². The van der Waals surface area contributed by atoms with Gasteiger partial charge in [-0.05, 0) is 58.4 Å². The van der Waals surface area contributed by atoms with Crippen molar-refractivity contribution in [2.75, 3.05) is 0 Å². The maximum atomic E-state index is 14.2. The highest BCUT2D eigenvalue weighted by atomic mass is 16.6. The Morgan fingerprint density at radius 3 is 2.14 bits per heavy atom. The van der Waals surface area contributed by atoms with Gasteiger partial charge < -0.3 is 20.3 Å². The fourth-order valence-corrected chi connectivity index (χ4v) is 4.67. The molecule has 3 amide bonds. The zero-order chi connectivity index (χ0) is 26.9. The summed E-state index contributed by atoms with van der Waals surface area (Å²) in [5, 5.41) is 6.07. The summed E-state index contributed by atoms with van der Waals surface area (Å²) in [5.41, 5.74) is 0.0790. The number of nitrogens with zero attached hydrogens (tertiary/aromatic N) is 1. The van der Waals surface area contributed by atoms with Crippen LogP contribution < -0.4 is 10.6 Å². The van der Waals surface area contributed by atoms with E-state index in [-0.39, 0.29) is 29.8 Å². The summed E-state index contributed by atoms with van der Waals surface area (Å²) >= 11 is 0. The van der Waals surface area contributed by atoms with Crippen LogP contribution in [0.4, 0.5) is 4.79 Å². The lowest BCUT2D eigenvalue weighted by atomic mass is 9.93. The third kappa shape index (κ3) is 8.52. The molecule has 1 aliphatic rings. The summed E-state index contributed by atoms with van der Waals surface area (Å²) in [6.45, 7) is 13.3. The smallest absolute Gasteiger partial charge is 0.408 e. The van der Waals surface area contributed by atoms with Crippen LogP contribution in [0.25, 0.3) is 0 Å². The van der Waals surface area contributed by atoms with Gasteiger partial charge in [-0.25, -0.2) is 4.79 Å². The molecule has 0 heterocycles. The van der Waals surface area contributed by atoms with E-state index in [1.54, 1.807) is 25.7 Å². The zero-order valence-electron chi connectivity index (χ0n) is 23.3. The van der Waals surface area contributed by atoms with Crippen molar-refractivity contribution < 1.29 is 19.1 Å². The van der Waals surface area contributed by atoms with E-state index in [2.05, 4.69) is 10.6 Å². The Hall–Kier alpha value is -2.57. The van der Waals surface area contributed by atoms with Crippen LogP contribution in [-0.4, -0.2) is 46.5 Å². The first-order valence-electron chi connectivity index (χ1n) is 13.6. The van der Waals surface area contributed by atoms with Crippen LogP contribution in [0.3, 0.4) is 0 Å². The fraction of sp³-hybridized carbons (Fsp3) is 0.690. The first-order valence-corrected chi connectivity index (χ1v) is 13.6. The highest BCUT2D eigenvalue weighted by Gasteiger charge is 2.40. The topological polar surface area (TPSA) is 87.7 Å². The van der Waals surface area contributed by atoms with E-state index in [9.17, 15) is 14.4 Å². The van der Waals surface area contributed by atoms with Gasteiger partial charge >= 0.3 is 6.09 Å². The third-order valence-corrected chi connectivity index (χ3v) is 7.06. The maximum Gasteiger partial charge on any atom is 0.408 e. The lowest BCUT2D eigenvalue weighted by Crippen LogP contribution is -2.57. The predicted molar refractivity (Wildman–Crippen MR) is 143 cm³/mol. The zero-order valence-corrected chi connectivity index (χ0v) is 23.3. The number of ether oxygens (including phenoxy) is 1. The molecule has 0 saturated heterocycles. The fourth-order valence-electron chi connectivity index (χ4n) is 4.67. The lowest BCUT2D eigenvalue weighted by Gasteiger charge is -2.40. The number of carbonyl (C=O) groups is 3.